The van der Waals surface area contributed by atoms with E-state index in [1.54, 1.807) is 7.11 Å². The van der Waals surface area contributed by atoms with E-state index in [-0.39, 0.29) is 0 Å². The highest BCUT2D eigenvalue weighted by molar-refractivity contribution is 7.99. The molecule has 0 saturated carbocycles. The first-order valence-electron chi connectivity index (χ1n) is 6.87. The number of hydrogen-bond acceptors (Lipinski definition) is 4. The predicted molar refractivity (Wildman–Crippen MR) is 81.4 cm³/mol. The van der Waals surface area contributed by atoms with Crippen LogP contribution in [0.4, 0.5) is 0 Å². The molecule has 1 aliphatic rings. The minimum absolute atomic E-state index is 0.318. The van der Waals surface area contributed by atoms with Crippen LogP contribution in [0, 0.1) is 0 Å². The Labute approximate surface area is 119 Å². The van der Waals surface area contributed by atoms with Crippen molar-refractivity contribution in [3.8, 4) is 11.5 Å². The van der Waals surface area contributed by atoms with Gasteiger partial charge in [-0.25, -0.2) is 0 Å². The molecule has 106 valence electrons. The summed E-state index contributed by atoms with van der Waals surface area (Å²) < 4.78 is 11.5. The van der Waals surface area contributed by atoms with Crippen LogP contribution in [0.1, 0.15) is 31.2 Å². The van der Waals surface area contributed by atoms with Gasteiger partial charge in [-0.1, -0.05) is 13.0 Å². The Morgan fingerprint density at radius 1 is 1.42 bits per heavy atom. The lowest BCUT2D eigenvalue weighted by atomic mass is 9.97. The van der Waals surface area contributed by atoms with Gasteiger partial charge in [0, 0.05) is 5.75 Å². The molecule has 0 radical (unpaired) electrons. The molecule has 2 unspecified atom stereocenters. The van der Waals surface area contributed by atoms with E-state index in [2.05, 4.69) is 19.1 Å². The van der Waals surface area contributed by atoms with Gasteiger partial charge in [-0.2, -0.15) is 11.8 Å². The summed E-state index contributed by atoms with van der Waals surface area (Å²) in [6, 6.07) is 6.22. The van der Waals surface area contributed by atoms with Gasteiger partial charge < -0.3 is 15.2 Å². The number of ether oxygens (including phenoxy) is 2. The quantitative estimate of drug-likeness (QED) is 0.870. The maximum atomic E-state index is 6.09. The molecule has 1 aromatic carbocycles. The summed E-state index contributed by atoms with van der Waals surface area (Å²) in [6.07, 6.45) is 2.43. The zero-order valence-electron chi connectivity index (χ0n) is 11.7. The van der Waals surface area contributed by atoms with E-state index in [1.165, 1.54) is 11.3 Å². The van der Waals surface area contributed by atoms with Crippen molar-refractivity contribution in [3.05, 3.63) is 23.8 Å². The van der Waals surface area contributed by atoms with Crippen LogP contribution < -0.4 is 15.2 Å². The molecule has 0 spiro atoms. The van der Waals surface area contributed by atoms with Gasteiger partial charge in [-0.3, -0.25) is 0 Å². The topological polar surface area (TPSA) is 44.5 Å². The number of benzene rings is 1. The zero-order chi connectivity index (χ0) is 13.7. The molecule has 0 amide bonds. The summed E-state index contributed by atoms with van der Waals surface area (Å²) in [5, 5.41) is 0. The maximum absolute atomic E-state index is 6.09. The number of thioether (sulfide) groups is 1. The molecule has 1 heterocycles. The molecule has 0 aliphatic carbocycles. The monoisotopic (exact) mass is 281 g/mol. The van der Waals surface area contributed by atoms with Gasteiger partial charge in [0.1, 0.15) is 6.10 Å². The van der Waals surface area contributed by atoms with Crippen molar-refractivity contribution in [2.45, 2.75) is 31.8 Å². The molecule has 19 heavy (non-hydrogen) atoms. The summed E-state index contributed by atoms with van der Waals surface area (Å²) in [6.45, 7) is 2.91. The molecule has 2 N–H and O–H groups in total. The summed E-state index contributed by atoms with van der Waals surface area (Å²) in [4.78, 5) is 0. The van der Waals surface area contributed by atoms with Crippen molar-refractivity contribution in [3.63, 3.8) is 0 Å². The van der Waals surface area contributed by atoms with Gasteiger partial charge in [0.2, 0.25) is 0 Å². The fourth-order valence-corrected chi connectivity index (χ4v) is 3.39. The van der Waals surface area contributed by atoms with Gasteiger partial charge >= 0.3 is 0 Å². The molecule has 4 heteroatoms. The van der Waals surface area contributed by atoms with E-state index >= 15 is 0 Å². The number of methoxy groups -OCH3 is 1. The first kappa shape index (κ1) is 14.5. The summed E-state index contributed by atoms with van der Waals surface area (Å²) in [7, 11) is 1.69. The van der Waals surface area contributed by atoms with Crippen molar-refractivity contribution in [2.75, 3.05) is 25.2 Å². The Bertz CT molecular complexity index is 405. The van der Waals surface area contributed by atoms with Gasteiger partial charge in [0.25, 0.3) is 0 Å². The standard InChI is InChI=1S/C15H23NO2S/c1-11(5-7-16)12-3-4-14(17-2)15(9-12)18-13-6-8-19-10-13/h3-4,9,11,13H,5-8,10,16H2,1-2H3. The summed E-state index contributed by atoms with van der Waals surface area (Å²) in [5.74, 6) is 4.41. The minimum Gasteiger partial charge on any atom is -0.493 e. The van der Waals surface area contributed by atoms with Crippen molar-refractivity contribution in [1.29, 1.82) is 0 Å². The first-order valence-corrected chi connectivity index (χ1v) is 8.02. The van der Waals surface area contributed by atoms with Crippen molar-refractivity contribution >= 4 is 11.8 Å². The van der Waals surface area contributed by atoms with E-state index in [9.17, 15) is 0 Å². The lowest BCUT2D eigenvalue weighted by Crippen LogP contribution is -2.15. The summed E-state index contributed by atoms with van der Waals surface area (Å²) >= 11 is 1.95. The van der Waals surface area contributed by atoms with Crippen LogP contribution >= 0.6 is 11.8 Å². The molecule has 2 rings (SSSR count). The van der Waals surface area contributed by atoms with Crippen LogP contribution in [0.2, 0.25) is 0 Å². The first-order chi connectivity index (χ1) is 9.24. The Balaban J connectivity index is 2.15. The second-order valence-electron chi connectivity index (χ2n) is 4.99. The van der Waals surface area contributed by atoms with E-state index in [1.807, 2.05) is 17.8 Å². The third-order valence-electron chi connectivity index (χ3n) is 3.54. The highest BCUT2D eigenvalue weighted by atomic mass is 32.2. The molecule has 1 saturated heterocycles. The van der Waals surface area contributed by atoms with Crippen molar-refractivity contribution in [2.24, 2.45) is 5.73 Å². The Morgan fingerprint density at radius 2 is 2.26 bits per heavy atom. The lowest BCUT2D eigenvalue weighted by molar-refractivity contribution is 0.218. The molecular weight excluding hydrogens is 258 g/mol. The van der Waals surface area contributed by atoms with E-state index in [0.717, 1.165) is 30.1 Å². The van der Waals surface area contributed by atoms with Crippen LogP contribution in [0.25, 0.3) is 0 Å². The van der Waals surface area contributed by atoms with Crippen LogP contribution in [0.5, 0.6) is 11.5 Å². The fraction of sp³-hybridized carbons (Fsp3) is 0.600. The minimum atomic E-state index is 0.318. The zero-order valence-corrected chi connectivity index (χ0v) is 12.5. The Hall–Kier alpha value is -0.870. The van der Waals surface area contributed by atoms with Gasteiger partial charge in [0.15, 0.2) is 11.5 Å². The molecular formula is C15H23NO2S. The smallest absolute Gasteiger partial charge is 0.161 e. The highest BCUT2D eigenvalue weighted by Crippen LogP contribution is 2.34. The molecule has 1 aliphatic heterocycles. The second kappa shape index (κ2) is 7.06. The maximum Gasteiger partial charge on any atom is 0.161 e. The third kappa shape index (κ3) is 3.80. The Kier molecular flexibility index (Phi) is 5.40. The number of nitrogens with two attached hydrogens (primary N) is 1. The van der Waals surface area contributed by atoms with Crippen molar-refractivity contribution < 1.29 is 9.47 Å². The van der Waals surface area contributed by atoms with Crippen molar-refractivity contribution in [1.82, 2.24) is 0 Å². The molecule has 0 bridgehead atoms. The lowest BCUT2D eigenvalue weighted by Gasteiger charge is -2.18. The average molecular weight is 281 g/mol. The van der Waals surface area contributed by atoms with E-state index in [4.69, 9.17) is 15.2 Å². The van der Waals surface area contributed by atoms with Gasteiger partial charge in [-0.15, -0.1) is 0 Å². The normalized spacial score (nSPS) is 20.3. The molecule has 3 nitrogen and oxygen atoms in total. The van der Waals surface area contributed by atoms with Crippen LogP contribution in [-0.4, -0.2) is 31.3 Å². The molecule has 0 aromatic heterocycles. The number of hydrogen-bond donors (Lipinski definition) is 1. The van der Waals surface area contributed by atoms with Crippen LogP contribution in [0.15, 0.2) is 18.2 Å². The van der Waals surface area contributed by atoms with Gasteiger partial charge in [-0.05, 0) is 48.8 Å². The SMILES string of the molecule is COc1ccc(C(C)CCN)cc1OC1CCSC1. The highest BCUT2D eigenvalue weighted by Gasteiger charge is 2.19. The van der Waals surface area contributed by atoms with E-state index < -0.39 is 0 Å². The van der Waals surface area contributed by atoms with E-state index in [0.29, 0.717) is 18.6 Å². The largest absolute Gasteiger partial charge is 0.493 e. The van der Waals surface area contributed by atoms with Crippen LogP contribution in [0.3, 0.4) is 0 Å². The second-order valence-corrected chi connectivity index (χ2v) is 6.14. The van der Waals surface area contributed by atoms with Crippen LogP contribution in [-0.2, 0) is 0 Å². The molecule has 1 aromatic rings. The molecule has 2 atom stereocenters. The fourth-order valence-electron chi connectivity index (χ4n) is 2.29. The predicted octanol–water partition coefficient (Wildman–Crippen LogP) is 3.03. The van der Waals surface area contributed by atoms with Gasteiger partial charge in [0.05, 0.1) is 7.11 Å². The third-order valence-corrected chi connectivity index (χ3v) is 4.67. The summed E-state index contributed by atoms with van der Waals surface area (Å²) in [5.41, 5.74) is 6.90. The Morgan fingerprint density at radius 3 is 2.89 bits per heavy atom. The average Bonchev–Trinajstić information content (AvgIpc) is 2.92. The molecule has 1 fully saturated rings. The number of rotatable bonds is 6.